The van der Waals surface area contributed by atoms with Crippen LogP contribution < -0.4 is 10.6 Å². The van der Waals surface area contributed by atoms with E-state index in [-0.39, 0.29) is 17.6 Å². The number of carbonyl (C=O) groups is 2. The van der Waals surface area contributed by atoms with E-state index in [9.17, 15) is 9.59 Å². The molecule has 0 aliphatic heterocycles. The number of hydrogen-bond donors (Lipinski definition) is 3. The van der Waals surface area contributed by atoms with Gasteiger partial charge < -0.3 is 15.7 Å². The lowest BCUT2D eigenvalue weighted by Crippen LogP contribution is -2.40. The Balaban J connectivity index is 2.76. The van der Waals surface area contributed by atoms with Gasteiger partial charge in [0.05, 0.1) is 5.56 Å². The highest BCUT2D eigenvalue weighted by atomic mass is 16.4. The summed E-state index contributed by atoms with van der Waals surface area (Å²) in [5, 5.41) is 14.7. The average molecular weight is 292 g/mol. The summed E-state index contributed by atoms with van der Waals surface area (Å²) in [5.41, 5.74) is 1.26. The van der Waals surface area contributed by atoms with Gasteiger partial charge in [-0.15, -0.1) is 0 Å². The molecule has 2 amide bonds. The molecule has 116 valence electrons. The molecule has 0 aliphatic carbocycles. The molecule has 5 heteroatoms. The second kappa shape index (κ2) is 7.67. The summed E-state index contributed by atoms with van der Waals surface area (Å²) in [4.78, 5) is 23.1. The van der Waals surface area contributed by atoms with E-state index in [1.165, 1.54) is 6.07 Å². The fraction of sp³-hybridized carbons (Fsp3) is 0.500. The molecule has 0 aliphatic rings. The van der Waals surface area contributed by atoms with Crippen molar-refractivity contribution in [3.8, 4) is 0 Å². The summed E-state index contributed by atoms with van der Waals surface area (Å²) >= 11 is 0. The number of nitrogens with one attached hydrogen (secondary N) is 2. The molecule has 1 rings (SSSR count). The molecule has 0 saturated carbocycles. The highest BCUT2D eigenvalue weighted by molar-refractivity contribution is 5.95. The largest absolute Gasteiger partial charge is 0.478 e. The van der Waals surface area contributed by atoms with Crippen LogP contribution in [0.3, 0.4) is 0 Å². The lowest BCUT2D eigenvalue weighted by atomic mass is 9.96. The Morgan fingerprint density at radius 2 is 1.86 bits per heavy atom. The zero-order valence-corrected chi connectivity index (χ0v) is 13.1. The minimum atomic E-state index is -0.998. The summed E-state index contributed by atoms with van der Waals surface area (Å²) in [6.45, 7) is 7.87. The van der Waals surface area contributed by atoms with Crippen molar-refractivity contribution in [3.63, 3.8) is 0 Å². The van der Waals surface area contributed by atoms with Crippen molar-refractivity contribution in [2.75, 3.05) is 5.32 Å². The van der Waals surface area contributed by atoms with Crippen molar-refractivity contribution in [3.05, 3.63) is 29.3 Å². The number of benzene rings is 1. The topological polar surface area (TPSA) is 78.4 Å². The number of urea groups is 1. The minimum Gasteiger partial charge on any atom is -0.478 e. The molecule has 21 heavy (non-hydrogen) atoms. The minimum absolute atomic E-state index is 0.0722. The Kier molecular flexibility index (Phi) is 6.21. The van der Waals surface area contributed by atoms with Crippen molar-refractivity contribution < 1.29 is 14.7 Å². The third-order valence-corrected chi connectivity index (χ3v) is 3.93. The molecule has 5 nitrogen and oxygen atoms in total. The van der Waals surface area contributed by atoms with Crippen LogP contribution in [0, 0.1) is 12.8 Å². The van der Waals surface area contributed by atoms with Crippen LogP contribution in [-0.2, 0) is 0 Å². The number of carboxylic acid groups (broad SMARTS) is 1. The van der Waals surface area contributed by atoms with Crippen LogP contribution in [0.2, 0.25) is 0 Å². The van der Waals surface area contributed by atoms with E-state index < -0.39 is 5.97 Å². The fourth-order valence-electron chi connectivity index (χ4n) is 2.48. The normalized spacial score (nSPS) is 12.0. The molecule has 0 bridgehead atoms. The number of rotatable bonds is 6. The molecule has 0 spiro atoms. The number of hydrogen-bond acceptors (Lipinski definition) is 2. The van der Waals surface area contributed by atoms with Crippen molar-refractivity contribution in [2.45, 2.75) is 46.6 Å². The van der Waals surface area contributed by atoms with Gasteiger partial charge in [0.15, 0.2) is 0 Å². The first kappa shape index (κ1) is 17.0. The standard InChI is InChI=1S/C16H24N2O3/c1-5-12(6-2)11(4)17-16(21)18-14-9-7-8-13(10(14)3)15(19)20/h7-9,11-12H,5-6H2,1-4H3,(H,19,20)(H2,17,18,21). The number of carbonyl (C=O) groups excluding carboxylic acids is 1. The highest BCUT2D eigenvalue weighted by Gasteiger charge is 2.17. The van der Waals surface area contributed by atoms with Gasteiger partial charge in [-0.25, -0.2) is 9.59 Å². The molecule has 1 unspecified atom stereocenters. The first-order valence-electron chi connectivity index (χ1n) is 7.31. The van der Waals surface area contributed by atoms with Crippen LogP contribution in [0.25, 0.3) is 0 Å². The Morgan fingerprint density at radius 1 is 1.24 bits per heavy atom. The molecule has 1 aromatic rings. The number of amides is 2. The van der Waals surface area contributed by atoms with E-state index in [1.807, 2.05) is 6.92 Å². The molecule has 0 fully saturated rings. The fourth-order valence-corrected chi connectivity index (χ4v) is 2.48. The molecule has 0 saturated heterocycles. The Hall–Kier alpha value is -2.04. The summed E-state index contributed by atoms with van der Waals surface area (Å²) in [6.07, 6.45) is 2.01. The molecule has 3 N–H and O–H groups in total. The van der Waals surface area contributed by atoms with Gasteiger partial charge in [0.1, 0.15) is 0 Å². The maximum Gasteiger partial charge on any atom is 0.336 e. The van der Waals surface area contributed by atoms with Crippen LogP contribution in [0.15, 0.2) is 18.2 Å². The molecular formula is C16H24N2O3. The summed E-state index contributed by atoms with van der Waals surface area (Å²) in [5.74, 6) is -0.566. The summed E-state index contributed by atoms with van der Waals surface area (Å²) < 4.78 is 0. The van der Waals surface area contributed by atoms with E-state index in [4.69, 9.17) is 5.11 Å². The molecule has 1 aromatic carbocycles. The summed E-state index contributed by atoms with van der Waals surface area (Å²) in [6, 6.07) is 4.61. The van der Waals surface area contributed by atoms with E-state index in [0.717, 1.165) is 12.8 Å². The average Bonchev–Trinajstić information content (AvgIpc) is 2.42. The SMILES string of the molecule is CCC(CC)C(C)NC(=O)Nc1cccc(C(=O)O)c1C. The maximum atomic E-state index is 12.0. The second-order valence-electron chi connectivity index (χ2n) is 5.25. The first-order valence-corrected chi connectivity index (χ1v) is 7.31. The van der Waals surface area contributed by atoms with Crippen LogP contribution >= 0.6 is 0 Å². The van der Waals surface area contributed by atoms with Crippen molar-refractivity contribution in [1.82, 2.24) is 5.32 Å². The third kappa shape index (κ3) is 4.48. The van der Waals surface area contributed by atoms with Gasteiger partial charge in [0.2, 0.25) is 0 Å². The zero-order valence-electron chi connectivity index (χ0n) is 13.1. The van der Waals surface area contributed by atoms with E-state index in [0.29, 0.717) is 17.2 Å². The Morgan fingerprint density at radius 3 is 2.38 bits per heavy atom. The number of anilines is 1. The monoisotopic (exact) mass is 292 g/mol. The third-order valence-electron chi connectivity index (χ3n) is 3.93. The van der Waals surface area contributed by atoms with Crippen LogP contribution in [0.5, 0.6) is 0 Å². The molecular weight excluding hydrogens is 268 g/mol. The van der Waals surface area contributed by atoms with Gasteiger partial charge in [0, 0.05) is 11.7 Å². The van der Waals surface area contributed by atoms with Gasteiger partial charge in [-0.3, -0.25) is 0 Å². The maximum absolute atomic E-state index is 12.0. The van der Waals surface area contributed by atoms with Gasteiger partial charge in [-0.1, -0.05) is 32.8 Å². The van der Waals surface area contributed by atoms with Crippen LogP contribution in [0.1, 0.15) is 49.5 Å². The van der Waals surface area contributed by atoms with Gasteiger partial charge in [0.25, 0.3) is 0 Å². The van der Waals surface area contributed by atoms with Crippen molar-refractivity contribution in [2.24, 2.45) is 5.92 Å². The highest BCUT2D eigenvalue weighted by Crippen LogP contribution is 2.19. The number of aromatic carboxylic acids is 1. The van der Waals surface area contributed by atoms with Crippen molar-refractivity contribution in [1.29, 1.82) is 0 Å². The predicted octanol–water partition coefficient (Wildman–Crippen LogP) is 3.64. The molecule has 0 heterocycles. The first-order chi connectivity index (χ1) is 9.90. The smallest absolute Gasteiger partial charge is 0.336 e. The van der Waals surface area contributed by atoms with Gasteiger partial charge in [-0.05, 0) is 37.5 Å². The van der Waals surface area contributed by atoms with E-state index >= 15 is 0 Å². The lowest BCUT2D eigenvalue weighted by Gasteiger charge is -2.23. The van der Waals surface area contributed by atoms with Crippen LogP contribution in [-0.4, -0.2) is 23.1 Å². The Bertz CT molecular complexity index is 510. The van der Waals surface area contributed by atoms with E-state index in [2.05, 4.69) is 24.5 Å². The Labute approximate surface area is 125 Å². The van der Waals surface area contributed by atoms with E-state index in [1.54, 1.807) is 19.1 Å². The molecule has 1 atom stereocenters. The van der Waals surface area contributed by atoms with Crippen LogP contribution in [0.4, 0.5) is 10.5 Å². The lowest BCUT2D eigenvalue weighted by molar-refractivity contribution is 0.0696. The van der Waals surface area contributed by atoms with Gasteiger partial charge in [-0.2, -0.15) is 0 Å². The number of carboxylic acids is 1. The second-order valence-corrected chi connectivity index (χ2v) is 5.25. The summed E-state index contributed by atoms with van der Waals surface area (Å²) in [7, 11) is 0. The van der Waals surface area contributed by atoms with Crippen molar-refractivity contribution >= 4 is 17.7 Å². The quantitative estimate of drug-likeness (QED) is 0.749. The molecule has 0 radical (unpaired) electrons. The van der Waals surface area contributed by atoms with Gasteiger partial charge >= 0.3 is 12.0 Å². The predicted molar refractivity (Wildman–Crippen MR) is 83.8 cm³/mol. The zero-order chi connectivity index (χ0) is 16.0. The molecule has 0 aromatic heterocycles.